The van der Waals surface area contributed by atoms with Crippen molar-refractivity contribution in [3.05, 3.63) is 68.8 Å². The Hall–Kier alpha value is -2.38. The highest BCUT2D eigenvalue weighted by atomic mass is 32.2. The zero-order chi connectivity index (χ0) is 22.1. The highest BCUT2D eigenvalue weighted by Gasteiger charge is 2.26. The second kappa shape index (κ2) is 9.01. The summed E-state index contributed by atoms with van der Waals surface area (Å²) in [6.07, 6.45) is 4.76. The first kappa shape index (κ1) is 21.8. The molecule has 2 heterocycles. The third-order valence-corrected chi connectivity index (χ3v) is 8.09. The van der Waals surface area contributed by atoms with E-state index in [1.165, 1.54) is 34.2 Å². The molecule has 0 saturated heterocycles. The molecular weight excluding hydrogens is 426 g/mol. The molecule has 1 amide bonds. The van der Waals surface area contributed by atoms with Crippen molar-refractivity contribution in [2.24, 2.45) is 0 Å². The summed E-state index contributed by atoms with van der Waals surface area (Å²) in [7, 11) is 0. The first-order valence-corrected chi connectivity index (χ1v) is 12.3. The van der Waals surface area contributed by atoms with Crippen LogP contribution in [0, 0.1) is 13.8 Å². The van der Waals surface area contributed by atoms with Gasteiger partial charge >= 0.3 is 0 Å². The lowest BCUT2D eigenvalue weighted by Crippen LogP contribution is -2.36. The number of benzene rings is 1. The molecule has 1 aliphatic rings. The van der Waals surface area contributed by atoms with Crippen molar-refractivity contribution >= 4 is 39.2 Å². The number of allylic oxidation sites excluding steroid dienone is 1. The molecule has 2 aromatic heterocycles. The maximum atomic E-state index is 13.1. The maximum Gasteiger partial charge on any atom is 0.263 e. The predicted molar refractivity (Wildman–Crippen MR) is 129 cm³/mol. The van der Waals surface area contributed by atoms with Crippen LogP contribution >= 0.6 is 23.1 Å². The summed E-state index contributed by atoms with van der Waals surface area (Å²) in [6.45, 7) is 9.98. The number of hydrogen-bond donors (Lipinski definition) is 1. The number of thioether (sulfide) groups is 1. The number of amides is 1. The van der Waals surface area contributed by atoms with Crippen LogP contribution in [0.15, 0.2) is 46.9 Å². The number of rotatable bonds is 6. The summed E-state index contributed by atoms with van der Waals surface area (Å²) in [5, 5.41) is 4.07. The molecule has 7 heteroatoms. The van der Waals surface area contributed by atoms with Crippen molar-refractivity contribution in [2.75, 3.05) is 0 Å². The highest BCUT2D eigenvalue weighted by molar-refractivity contribution is 8.00. The van der Waals surface area contributed by atoms with E-state index in [0.717, 1.165) is 34.5 Å². The van der Waals surface area contributed by atoms with Crippen LogP contribution in [0.25, 0.3) is 10.2 Å². The summed E-state index contributed by atoms with van der Waals surface area (Å²) in [5.74, 6) is -0.0373. The van der Waals surface area contributed by atoms with Gasteiger partial charge in [-0.2, -0.15) is 0 Å². The Morgan fingerprint density at radius 2 is 2.19 bits per heavy atom. The van der Waals surface area contributed by atoms with Crippen molar-refractivity contribution in [3.63, 3.8) is 0 Å². The van der Waals surface area contributed by atoms with Gasteiger partial charge in [-0.25, -0.2) is 4.98 Å². The number of carbonyl (C=O) groups is 1. The Bertz CT molecular complexity index is 1210. The number of carbonyl (C=O) groups excluding carboxylic acids is 1. The fourth-order valence-corrected chi connectivity index (χ4v) is 6.09. The second-order valence-corrected chi connectivity index (χ2v) is 10.5. The molecule has 1 N–H and O–H groups in total. The maximum absolute atomic E-state index is 13.1. The second-order valence-electron chi connectivity index (χ2n) is 7.97. The fraction of sp³-hybridized carbons (Fsp3) is 0.375. The molecule has 2 unspecified atom stereocenters. The van der Waals surface area contributed by atoms with E-state index in [9.17, 15) is 9.59 Å². The van der Waals surface area contributed by atoms with Gasteiger partial charge in [0.05, 0.1) is 16.7 Å². The predicted octanol–water partition coefficient (Wildman–Crippen LogP) is 4.94. The Labute approximate surface area is 190 Å². The van der Waals surface area contributed by atoms with E-state index in [4.69, 9.17) is 4.98 Å². The number of hydrogen-bond acceptors (Lipinski definition) is 5. The Morgan fingerprint density at radius 1 is 1.42 bits per heavy atom. The molecule has 162 valence electrons. The zero-order valence-corrected chi connectivity index (χ0v) is 19.7. The summed E-state index contributed by atoms with van der Waals surface area (Å²) < 4.78 is 1.62. The number of aromatic nitrogens is 2. The smallest absolute Gasteiger partial charge is 0.263 e. The monoisotopic (exact) mass is 453 g/mol. The molecule has 2 atom stereocenters. The summed E-state index contributed by atoms with van der Waals surface area (Å²) in [5.41, 5.74) is 3.44. The molecule has 0 fully saturated rings. The lowest BCUT2D eigenvalue weighted by atomic mass is 9.88. The standard InChI is InChI=1S/C24H27N3O2S2/c1-5-13-27-23(29)20-14(2)15(3)30-22(20)26-24(27)31-16(4)21(28)25-19-12-8-10-17-9-6-7-11-18(17)19/h5-7,9,11,16,19H,1,8,10,12-13H2,2-4H3,(H,25,28). The topological polar surface area (TPSA) is 64.0 Å². The van der Waals surface area contributed by atoms with Crippen molar-refractivity contribution in [2.45, 2.75) is 63.0 Å². The average molecular weight is 454 g/mol. The number of nitrogens with zero attached hydrogens (tertiary/aromatic N) is 2. The Morgan fingerprint density at radius 3 is 2.97 bits per heavy atom. The lowest BCUT2D eigenvalue weighted by Gasteiger charge is -2.27. The van der Waals surface area contributed by atoms with Gasteiger partial charge in [0.15, 0.2) is 5.16 Å². The third-order valence-electron chi connectivity index (χ3n) is 5.90. The van der Waals surface area contributed by atoms with Crippen LogP contribution < -0.4 is 10.9 Å². The molecule has 0 aliphatic heterocycles. The van der Waals surface area contributed by atoms with E-state index in [-0.39, 0.29) is 22.8 Å². The fourth-order valence-electron chi connectivity index (χ4n) is 4.09. The molecular formula is C24H27N3O2S2. The van der Waals surface area contributed by atoms with Gasteiger partial charge in [-0.3, -0.25) is 14.2 Å². The number of aryl methyl sites for hydroxylation is 3. The number of nitrogens with one attached hydrogen (secondary N) is 1. The average Bonchev–Trinajstić information content (AvgIpc) is 3.04. The molecule has 0 saturated carbocycles. The van der Waals surface area contributed by atoms with Crippen LogP contribution in [-0.4, -0.2) is 20.7 Å². The first-order chi connectivity index (χ1) is 14.9. The van der Waals surface area contributed by atoms with E-state index >= 15 is 0 Å². The van der Waals surface area contributed by atoms with Gasteiger partial charge in [0.1, 0.15) is 4.83 Å². The minimum atomic E-state index is -0.378. The molecule has 1 aliphatic carbocycles. The summed E-state index contributed by atoms with van der Waals surface area (Å²) in [4.78, 5) is 32.8. The minimum absolute atomic E-state index is 0.0360. The quantitative estimate of drug-likeness (QED) is 0.326. The molecule has 31 heavy (non-hydrogen) atoms. The van der Waals surface area contributed by atoms with Gasteiger partial charge in [0, 0.05) is 11.4 Å². The largest absolute Gasteiger partial charge is 0.348 e. The minimum Gasteiger partial charge on any atom is -0.348 e. The molecule has 5 nitrogen and oxygen atoms in total. The van der Waals surface area contributed by atoms with Crippen LogP contribution in [0.1, 0.15) is 47.4 Å². The normalized spacial score (nSPS) is 16.7. The van der Waals surface area contributed by atoms with Crippen molar-refractivity contribution in [1.29, 1.82) is 0 Å². The molecule has 0 spiro atoms. The van der Waals surface area contributed by atoms with E-state index in [0.29, 0.717) is 17.1 Å². The van der Waals surface area contributed by atoms with Crippen LogP contribution in [0.5, 0.6) is 0 Å². The summed E-state index contributed by atoms with van der Waals surface area (Å²) >= 11 is 2.86. The highest BCUT2D eigenvalue weighted by Crippen LogP contribution is 2.32. The van der Waals surface area contributed by atoms with Crippen LogP contribution in [0.3, 0.4) is 0 Å². The van der Waals surface area contributed by atoms with E-state index in [2.05, 4.69) is 30.1 Å². The van der Waals surface area contributed by atoms with Gasteiger partial charge in [0.2, 0.25) is 5.91 Å². The van der Waals surface area contributed by atoms with Crippen molar-refractivity contribution in [1.82, 2.24) is 14.9 Å². The molecule has 0 bridgehead atoms. The lowest BCUT2D eigenvalue weighted by molar-refractivity contribution is -0.121. The van der Waals surface area contributed by atoms with Gasteiger partial charge < -0.3 is 5.32 Å². The van der Waals surface area contributed by atoms with Crippen molar-refractivity contribution < 1.29 is 4.79 Å². The third kappa shape index (κ3) is 4.21. The van der Waals surface area contributed by atoms with Gasteiger partial charge in [-0.1, -0.05) is 42.1 Å². The molecule has 4 rings (SSSR count). The van der Waals surface area contributed by atoms with E-state index in [1.807, 2.05) is 26.8 Å². The van der Waals surface area contributed by atoms with E-state index < -0.39 is 0 Å². The molecule has 1 aromatic carbocycles. The number of thiophene rings is 1. The SMILES string of the molecule is C=CCn1c(SC(C)C(=O)NC2CCCc3ccccc32)nc2sc(C)c(C)c2c1=O. The van der Waals surface area contributed by atoms with Gasteiger partial charge in [-0.15, -0.1) is 17.9 Å². The number of fused-ring (bicyclic) bond motifs is 2. The Balaban J connectivity index is 1.59. The molecule has 3 aromatic rings. The van der Waals surface area contributed by atoms with Gasteiger partial charge in [0.25, 0.3) is 5.56 Å². The van der Waals surface area contributed by atoms with Crippen LogP contribution in [-0.2, 0) is 17.8 Å². The molecule has 0 radical (unpaired) electrons. The van der Waals surface area contributed by atoms with Gasteiger partial charge in [-0.05, 0) is 56.7 Å². The van der Waals surface area contributed by atoms with Crippen LogP contribution in [0.2, 0.25) is 0 Å². The first-order valence-electron chi connectivity index (χ1n) is 10.6. The van der Waals surface area contributed by atoms with Crippen LogP contribution in [0.4, 0.5) is 0 Å². The Kier molecular flexibility index (Phi) is 6.34. The van der Waals surface area contributed by atoms with Crippen molar-refractivity contribution in [3.8, 4) is 0 Å². The van der Waals surface area contributed by atoms with E-state index in [1.54, 1.807) is 10.6 Å². The summed E-state index contributed by atoms with van der Waals surface area (Å²) in [6, 6.07) is 8.37. The zero-order valence-electron chi connectivity index (χ0n) is 18.1.